The molecular formula is C28H26F5N3O6S. The lowest BCUT2D eigenvalue weighted by molar-refractivity contribution is -0.607. The van der Waals surface area contributed by atoms with Crippen LogP contribution in [0, 0.1) is 34.3 Å². The Morgan fingerprint density at radius 2 is 1.47 bits per heavy atom. The number of carbonyl (C=O) groups is 2. The van der Waals surface area contributed by atoms with E-state index in [-0.39, 0.29) is 21.3 Å². The summed E-state index contributed by atoms with van der Waals surface area (Å²) >= 11 is 0. The van der Waals surface area contributed by atoms with Gasteiger partial charge in [0.1, 0.15) is 5.69 Å². The summed E-state index contributed by atoms with van der Waals surface area (Å²) in [5.41, 5.74) is 0.818. The van der Waals surface area contributed by atoms with Crippen LogP contribution >= 0.6 is 0 Å². The number of carbonyl (C=O) groups excluding carboxylic acids is 1. The van der Waals surface area contributed by atoms with E-state index < -0.39 is 68.1 Å². The Bertz CT molecular complexity index is 1640. The van der Waals surface area contributed by atoms with Crippen molar-refractivity contribution in [1.82, 2.24) is 4.31 Å². The molecule has 1 saturated carbocycles. The summed E-state index contributed by atoms with van der Waals surface area (Å²) in [6.45, 7) is -1.39. The first-order valence-corrected chi connectivity index (χ1v) is 14.5. The summed E-state index contributed by atoms with van der Waals surface area (Å²) in [6.07, 6.45) is 6.23. The van der Waals surface area contributed by atoms with E-state index in [1.54, 1.807) is 12.1 Å². The molecule has 1 fully saturated rings. The van der Waals surface area contributed by atoms with E-state index in [0.29, 0.717) is 18.5 Å². The third-order valence-electron chi connectivity index (χ3n) is 7.32. The van der Waals surface area contributed by atoms with Crippen molar-refractivity contribution in [2.75, 3.05) is 18.5 Å². The Labute approximate surface area is 243 Å². The number of benzene rings is 2. The number of sulfonamides is 1. The highest BCUT2D eigenvalue weighted by Gasteiger charge is 2.37. The predicted octanol–water partition coefficient (Wildman–Crippen LogP) is 4.62. The van der Waals surface area contributed by atoms with E-state index >= 15 is 0 Å². The molecule has 1 aliphatic rings. The van der Waals surface area contributed by atoms with Gasteiger partial charge < -0.3 is 15.2 Å². The number of anilines is 1. The van der Waals surface area contributed by atoms with Crippen LogP contribution in [0.2, 0.25) is 0 Å². The number of hydrogen-bond donors (Lipinski definition) is 1. The summed E-state index contributed by atoms with van der Waals surface area (Å²) in [7, 11) is -4.75. The van der Waals surface area contributed by atoms with E-state index in [9.17, 15) is 50.3 Å². The first-order chi connectivity index (χ1) is 20.2. The highest BCUT2D eigenvalue weighted by Crippen LogP contribution is 2.33. The molecule has 9 nitrogen and oxygen atoms in total. The van der Waals surface area contributed by atoms with Crippen molar-refractivity contribution in [3.05, 3.63) is 93.7 Å². The van der Waals surface area contributed by atoms with Crippen LogP contribution in [0.5, 0.6) is 0 Å². The number of rotatable bonds is 9. The van der Waals surface area contributed by atoms with Crippen LogP contribution in [0.4, 0.5) is 27.6 Å². The molecule has 1 aliphatic carbocycles. The van der Waals surface area contributed by atoms with Crippen molar-refractivity contribution < 1.29 is 49.8 Å². The number of aromatic nitrogens is 1. The van der Waals surface area contributed by atoms with Crippen LogP contribution in [0.25, 0.3) is 0 Å². The number of halogens is 5. The molecule has 230 valence electrons. The lowest BCUT2D eigenvalue weighted by Crippen LogP contribution is -2.43. The minimum Gasteiger partial charge on any atom is -0.618 e. The molecule has 43 heavy (non-hydrogen) atoms. The van der Waals surface area contributed by atoms with E-state index in [2.05, 4.69) is 0 Å². The topological polar surface area (TPSA) is 122 Å². The molecule has 0 atom stereocenters. The van der Waals surface area contributed by atoms with E-state index in [4.69, 9.17) is 0 Å². The molecule has 15 heteroatoms. The minimum atomic E-state index is -5.45. The second-order valence-corrected chi connectivity index (χ2v) is 12.1. The third-order valence-corrected chi connectivity index (χ3v) is 9.15. The largest absolute Gasteiger partial charge is 0.618 e. The summed E-state index contributed by atoms with van der Waals surface area (Å²) < 4.78 is 95.5. The molecular weight excluding hydrogens is 601 g/mol. The molecule has 2 aromatic carbocycles. The van der Waals surface area contributed by atoms with Gasteiger partial charge in [0.25, 0.3) is 0 Å². The Morgan fingerprint density at radius 1 is 0.907 bits per heavy atom. The van der Waals surface area contributed by atoms with Gasteiger partial charge in [-0.3, -0.25) is 4.79 Å². The predicted molar refractivity (Wildman–Crippen MR) is 142 cm³/mol. The van der Waals surface area contributed by atoms with Gasteiger partial charge >= 0.3 is 11.7 Å². The van der Waals surface area contributed by atoms with Crippen LogP contribution in [0.15, 0.2) is 47.5 Å². The molecule has 3 aromatic rings. The van der Waals surface area contributed by atoms with Crippen LogP contribution in [0.1, 0.15) is 59.6 Å². The van der Waals surface area contributed by atoms with Crippen molar-refractivity contribution in [3.8, 4) is 0 Å². The van der Waals surface area contributed by atoms with Gasteiger partial charge in [-0.25, -0.2) is 35.2 Å². The molecule has 0 radical (unpaired) electrons. The second-order valence-electron chi connectivity index (χ2n) is 10.1. The van der Waals surface area contributed by atoms with Gasteiger partial charge in [0.15, 0.2) is 28.2 Å². The van der Waals surface area contributed by atoms with Crippen molar-refractivity contribution in [2.45, 2.75) is 49.5 Å². The number of pyridine rings is 1. The van der Waals surface area contributed by atoms with Crippen LogP contribution in [-0.4, -0.2) is 43.3 Å². The molecule has 0 saturated heterocycles. The van der Waals surface area contributed by atoms with Crippen LogP contribution in [0.3, 0.4) is 0 Å². The van der Waals surface area contributed by atoms with Gasteiger partial charge in [-0.05, 0) is 36.0 Å². The average molecular weight is 628 g/mol. The highest BCUT2D eigenvalue weighted by atomic mass is 32.2. The Hall–Kier alpha value is -4.11. The molecule has 1 heterocycles. The quantitative estimate of drug-likeness (QED) is 0.122. The lowest BCUT2D eigenvalue weighted by atomic mass is 9.84. The number of aromatic carboxylic acids is 1. The number of likely N-dealkylation sites (N-methyl/N-ethyl adjacent to an activating group) is 1. The fourth-order valence-corrected chi connectivity index (χ4v) is 6.18. The van der Waals surface area contributed by atoms with E-state index in [1.807, 2.05) is 12.1 Å². The van der Waals surface area contributed by atoms with Crippen molar-refractivity contribution >= 4 is 27.6 Å². The van der Waals surface area contributed by atoms with Crippen LogP contribution < -0.4 is 9.63 Å². The molecule has 0 spiro atoms. The molecule has 0 bridgehead atoms. The summed E-state index contributed by atoms with van der Waals surface area (Å²) in [5, 5.41) is 21.5. The fourth-order valence-electron chi connectivity index (χ4n) is 4.96. The Balaban J connectivity index is 1.66. The number of carboxylic acid groups (broad SMARTS) is 1. The van der Waals surface area contributed by atoms with Crippen molar-refractivity contribution in [2.24, 2.45) is 0 Å². The SMILES string of the molecule is CN(CC(=O)N(Cc1ccc(C2CCCCC2)cc1)c1ccc(C(=O)O)[n+]([O-])c1)S(=O)(=O)c1c(F)c(F)c(F)c(F)c1F. The zero-order chi connectivity index (χ0) is 31.6. The summed E-state index contributed by atoms with van der Waals surface area (Å²) in [5.74, 6) is -14.9. The number of hydrogen-bond acceptors (Lipinski definition) is 5. The summed E-state index contributed by atoms with van der Waals surface area (Å²) in [4.78, 5) is 23.5. The Morgan fingerprint density at radius 3 is 2.00 bits per heavy atom. The Kier molecular flexibility index (Phi) is 9.35. The first kappa shape index (κ1) is 31.8. The van der Waals surface area contributed by atoms with E-state index in [0.717, 1.165) is 54.5 Å². The maximum Gasteiger partial charge on any atom is 0.402 e. The lowest BCUT2D eigenvalue weighted by Gasteiger charge is -2.26. The van der Waals surface area contributed by atoms with Gasteiger partial charge in [0.05, 0.1) is 13.1 Å². The third kappa shape index (κ3) is 6.46. The molecule has 1 amide bonds. The smallest absolute Gasteiger partial charge is 0.402 e. The molecule has 0 unspecified atom stereocenters. The maximum atomic E-state index is 14.3. The number of carboxylic acids is 1. The van der Waals surface area contributed by atoms with Crippen molar-refractivity contribution in [1.29, 1.82) is 0 Å². The molecule has 4 rings (SSSR count). The van der Waals surface area contributed by atoms with Gasteiger partial charge in [-0.1, -0.05) is 43.5 Å². The van der Waals surface area contributed by atoms with Crippen LogP contribution in [-0.2, 0) is 21.4 Å². The van der Waals surface area contributed by atoms with Gasteiger partial charge in [0.2, 0.25) is 27.9 Å². The minimum absolute atomic E-state index is 0.0145. The highest BCUT2D eigenvalue weighted by molar-refractivity contribution is 7.89. The second kappa shape index (κ2) is 12.6. The monoisotopic (exact) mass is 627 g/mol. The zero-order valence-corrected chi connectivity index (χ0v) is 23.5. The molecule has 0 aliphatic heterocycles. The first-order valence-electron chi connectivity index (χ1n) is 13.1. The molecule has 1 aromatic heterocycles. The van der Waals surface area contributed by atoms with Crippen molar-refractivity contribution in [3.63, 3.8) is 0 Å². The molecule has 1 N–H and O–H groups in total. The number of nitrogens with zero attached hydrogens (tertiary/aromatic N) is 3. The van der Waals surface area contributed by atoms with Gasteiger partial charge in [-0.2, -0.15) is 9.04 Å². The zero-order valence-electron chi connectivity index (χ0n) is 22.7. The van der Waals surface area contributed by atoms with Gasteiger partial charge in [-0.15, -0.1) is 0 Å². The number of amides is 1. The normalized spacial score (nSPS) is 14.2. The standard InChI is InChI=1S/C28H26F5N3O6S/c1-34(43(41,42)27-25(32)23(30)22(29)24(31)26(27)33)15-21(37)35(19-11-12-20(28(38)39)36(40)14-19)13-16-7-9-18(10-8-16)17-5-3-2-4-6-17/h7-12,14,17H,2-6,13,15H2,1H3,(H,38,39). The summed E-state index contributed by atoms with van der Waals surface area (Å²) in [6, 6.07) is 9.29. The fraction of sp³-hybridized carbons (Fsp3) is 0.321. The van der Waals surface area contributed by atoms with E-state index in [1.165, 1.54) is 6.42 Å². The average Bonchev–Trinajstić information content (AvgIpc) is 2.98. The maximum absolute atomic E-state index is 14.3. The van der Waals surface area contributed by atoms with Gasteiger partial charge in [0, 0.05) is 13.1 Å².